The van der Waals surface area contributed by atoms with Gasteiger partial charge in [0.1, 0.15) is 0 Å². The van der Waals surface area contributed by atoms with Crippen molar-refractivity contribution < 1.29 is 19.1 Å². The van der Waals surface area contributed by atoms with Gasteiger partial charge in [0.2, 0.25) is 0 Å². The van der Waals surface area contributed by atoms with Gasteiger partial charge in [0.05, 0.1) is 18.8 Å². The Bertz CT molecular complexity index is 504. The predicted molar refractivity (Wildman–Crippen MR) is 96.7 cm³/mol. The van der Waals surface area contributed by atoms with Crippen LogP contribution in [0.2, 0.25) is 25.7 Å². The fraction of sp³-hybridized carbons (Fsp3) is 0.889. The monoisotopic (exact) mass is 355 g/mol. The Morgan fingerprint density at radius 3 is 2.29 bits per heavy atom. The van der Waals surface area contributed by atoms with E-state index in [1.807, 2.05) is 13.8 Å². The van der Waals surface area contributed by atoms with Crippen molar-refractivity contribution in [1.82, 2.24) is 4.90 Å². The van der Waals surface area contributed by atoms with Crippen molar-refractivity contribution in [3.8, 4) is 0 Å². The molecule has 1 spiro atoms. The fourth-order valence-electron chi connectivity index (χ4n) is 4.74. The first-order valence-electron chi connectivity index (χ1n) is 9.29. The zero-order valence-electron chi connectivity index (χ0n) is 16.1. The molecule has 1 saturated carbocycles. The van der Waals surface area contributed by atoms with Crippen LogP contribution in [0.1, 0.15) is 46.5 Å². The Kier molecular flexibility index (Phi) is 5.38. The molecule has 2 aliphatic rings. The van der Waals surface area contributed by atoms with E-state index in [9.17, 15) is 9.59 Å². The normalized spacial score (nSPS) is 32.6. The summed E-state index contributed by atoms with van der Waals surface area (Å²) in [6, 6.07) is 0.740. The number of nitrogens with zero attached hydrogens (tertiary/aromatic N) is 1. The van der Waals surface area contributed by atoms with Crippen LogP contribution in [0.25, 0.3) is 0 Å². The quantitative estimate of drug-likeness (QED) is 0.424. The van der Waals surface area contributed by atoms with Gasteiger partial charge in [-0.1, -0.05) is 39.4 Å². The van der Waals surface area contributed by atoms with Crippen LogP contribution in [-0.4, -0.2) is 49.3 Å². The molecule has 6 heteroatoms. The molecule has 2 rings (SSSR count). The molecule has 138 valence electrons. The molecule has 0 radical (unpaired) electrons. The summed E-state index contributed by atoms with van der Waals surface area (Å²) in [4.78, 5) is 27.5. The summed E-state index contributed by atoms with van der Waals surface area (Å²) in [7, 11) is -1.61. The standard InChI is InChI=1S/C18H33NO4Si/c1-7-22-15(20)18(13-24(4,5)6)17(11-9-10-14(3)12-17)19(18)16(21)23-8-2/h14H,7-13H2,1-6H3/t14-,17-,18?,19?/m1/s1. The Morgan fingerprint density at radius 2 is 1.79 bits per heavy atom. The maximum atomic E-state index is 13.1. The van der Waals surface area contributed by atoms with E-state index < -0.39 is 19.2 Å². The van der Waals surface area contributed by atoms with Crippen LogP contribution in [0, 0.1) is 5.92 Å². The molecule has 0 bridgehead atoms. The lowest BCUT2D eigenvalue weighted by molar-refractivity contribution is -0.147. The largest absolute Gasteiger partial charge is 0.464 e. The highest BCUT2D eigenvalue weighted by atomic mass is 28.3. The molecular weight excluding hydrogens is 322 g/mol. The number of amides is 1. The van der Waals surface area contributed by atoms with E-state index in [1.54, 1.807) is 4.90 Å². The Balaban J connectivity index is 2.46. The number of carbonyl (C=O) groups excluding carboxylic acids is 2. The summed E-state index contributed by atoms with van der Waals surface area (Å²) in [6.07, 6.45) is 3.60. The second-order valence-electron chi connectivity index (χ2n) is 8.59. The minimum Gasteiger partial charge on any atom is -0.464 e. The smallest absolute Gasteiger partial charge is 0.411 e. The second-order valence-corrected chi connectivity index (χ2v) is 14.1. The summed E-state index contributed by atoms with van der Waals surface area (Å²) in [5, 5.41) is 0. The fourth-order valence-corrected chi connectivity index (χ4v) is 6.91. The van der Waals surface area contributed by atoms with Gasteiger partial charge in [-0.05, 0) is 38.7 Å². The minimum absolute atomic E-state index is 0.227. The molecule has 0 N–H and O–H groups in total. The number of esters is 1. The molecule has 0 aromatic carbocycles. The summed E-state index contributed by atoms with van der Waals surface area (Å²) < 4.78 is 10.8. The van der Waals surface area contributed by atoms with Gasteiger partial charge in [0.25, 0.3) is 0 Å². The van der Waals surface area contributed by atoms with Crippen molar-refractivity contribution in [2.24, 2.45) is 5.92 Å². The summed E-state index contributed by atoms with van der Waals surface area (Å²) >= 11 is 0. The molecule has 2 fully saturated rings. The molecule has 0 aromatic heterocycles. The lowest BCUT2D eigenvalue weighted by Crippen LogP contribution is -2.44. The van der Waals surface area contributed by atoms with E-state index in [4.69, 9.17) is 9.47 Å². The molecule has 1 heterocycles. The van der Waals surface area contributed by atoms with Crippen LogP contribution in [0.5, 0.6) is 0 Å². The van der Waals surface area contributed by atoms with Crippen molar-refractivity contribution in [3.63, 3.8) is 0 Å². The third-order valence-corrected chi connectivity index (χ3v) is 6.93. The molecule has 1 amide bonds. The van der Waals surface area contributed by atoms with Crippen LogP contribution in [0.15, 0.2) is 0 Å². The molecule has 1 unspecified atom stereocenters. The Morgan fingerprint density at radius 1 is 1.17 bits per heavy atom. The molecule has 5 nitrogen and oxygen atoms in total. The first-order valence-corrected chi connectivity index (χ1v) is 13.0. The lowest BCUT2D eigenvalue weighted by atomic mass is 9.76. The van der Waals surface area contributed by atoms with Crippen LogP contribution in [0.4, 0.5) is 4.79 Å². The van der Waals surface area contributed by atoms with Gasteiger partial charge >= 0.3 is 12.1 Å². The maximum absolute atomic E-state index is 13.1. The maximum Gasteiger partial charge on any atom is 0.411 e. The van der Waals surface area contributed by atoms with E-state index in [1.165, 1.54) is 0 Å². The van der Waals surface area contributed by atoms with Crippen LogP contribution >= 0.6 is 0 Å². The molecule has 3 atom stereocenters. The van der Waals surface area contributed by atoms with Crippen molar-refractivity contribution in [2.45, 2.75) is 83.2 Å². The number of hydrogen-bond acceptors (Lipinski definition) is 4. The molecule has 1 saturated heterocycles. The van der Waals surface area contributed by atoms with Gasteiger partial charge in [-0.3, -0.25) is 4.90 Å². The highest BCUT2D eigenvalue weighted by Gasteiger charge is 2.82. The SMILES string of the molecule is CCOC(=O)N1C(C[Si](C)(C)C)(C(=O)OCC)[C@]12CCC[C@@H](C)C2. The minimum atomic E-state index is -1.61. The average Bonchev–Trinajstić information content (AvgIpc) is 2.97. The van der Waals surface area contributed by atoms with Crippen molar-refractivity contribution >= 4 is 20.1 Å². The molecule has 1 aliphatic heterocycles. The summed E-state index contributed by atoms with van der Waals surface area (Å²) in [5.74, 6) is 0.281. The number of ether oxygens (including phenoxy) is 2. The van der Waals surface area contributed by atoms with Crippen LogP contribution < -0.4 is 0 Å². The van der Waals surface area contributed by atoms with Gasteiger partial charge in [-0.25, -0.2) is 9.59 Å². The van der Waals surface area contributed by atoms with Crippen LogP contribution in [-0.2, 0) is 14.3 Å². The average molecular weight is 356 g/mol. The van der Waals surface area contributed by atoms with E-state index in [-0.39, 0.29) is 12.1 Å². The van der Waals surface area contributed by atoms with Gasteiger partial charge in [0.15, 0.2) is 5.54 Å². The Hall–Kier alpha value is -1.04. The van der Waals surface area contributed by atoms with E-state index in [2.05, 4.69) is 26.6 Å². The zero-order chi connectivity index (χ0) is 18.2. The van der Waals surface area contributed by atoms with E-state index in [0.29, 0.717) is 19.1 Å². The van der Waals surface area contributed by atoms with Gasteiger partial charge in [-0.2, -0.15) is 0 Å². The van der Waals surface area contributed by atoms with Gasteiger partial charge in [0, 0.05) is 8.07 Å². The molecule has 0 aromatic rings. The highest BCUT2D eigenvalue weighted by Crippen LogP contribution is 2.64. The number of hydrogen-bond donors (Lipinski definition) is 0. The summed E-state index contributed by atoms with van der Waals surface area (Å²) in [6.45, 7) is 13.3. The van der Waals surface area contributed by atoms with Crippen molar-refractivity contribution in [3.05, 3.63) is 0 Å². The second kappa shape index (κ2) is 6.69. The third kappa shape index (κ3) is 3.09. The van der Waals surface area contributed by atoms with Crippen molar-refractivity contribution in [1.29, 1.82) is 0 Å². The van der Waals surface area contributed by atoms with Gasteiger partial charge < -0.3 is 9.47 Å². The van der Waals surface area contributed by atoms with Gasteiger partial charge in [-0.15, -0.1) is 0 Å². The topological polar surface area (TPSA) is 55.6 Å². The molecule has 1 aliphatic carbocycles. The zero-order valence-corrected chi connectivity index (χ0v) is 17.1. The predicted octanol–water partition coefficient (Wildman–Crippen LogP) is 4.05. The van der Waals surface area contributed by atoms with Crippen molar-refractivity contribution in [2.75, 3.05) is 13.2 Å². The molecule has 24 heavy (non-hydrogen) atoms. The Labute approximate surface area is 147 Å². The first-order chi connectivity index (χ1) is 11.1. The number of rotatable bonds is 5. The lowest BCUT2D eigenvalue weighted by Gasteiger charge is -2.30. The van der Waals surface area contributed by atoms with E-state index in [0.717, 1.165) is 31.7 Å². The first kappa shape index (κ1) is 19.3. The number of carbonyl (C=O) groups is 2. The highest BCUT2D eigenvalue weighted by molar-refractivity contribution is 6.76. The molecular formula is C18H33NO4Si. The van der Waals surface area contributed by atoms with E-state index >= 15 is 0 Å². The third-order valence-electron chi connectivity index (χ3n) is 5.35. The van der Waals surface area contributed by atoms with Crippen LogP contribution in [0.3, 0.4) is 0 Å². The summed E-state index contributed by atoms with van der Waals surface area (Å²) in [5.41, 5.74) is -1.21.